The number of hydrogen-bond donors (Lipinski definition) is 1. The summed E-state index contributed by atoms with van der Waals surface area (Å²) in [5.41, 5.74) is 5.08. The molecule has 1 unspecified atom stereocenters. The van der Waals surface area contributed by atoms with Crippen LogP contribution >= 0.6 is 0 Å². The molecule has 0 aromatic heterocycles. The van der Waals surface area contributed by atoms with Crippen molar-refractivity contribution in [3.05, 3.63) is 59.2 Å². The third-order valence-corrected chi connectivity index (χ3v) is 3.63. The molecule has 1 N–H and O–H groups in total. The molecule has 2 aromatic carbocycles. The molecule has 0 amide bonds. The molecule has 2 heteroatoms. The van der Waals surface area contributed by atoms with Crippen molar-refractivity contribution in [3.8, 4) is 5.75 Å². The van der Waals surface area contributed by atoms with Gasteiger partial charge in [-0.15, -0.1) is 0 Å². The van der Waals surface area contributed by atoms with Gasteiger partial charge in [-0.05, 0) is 56.5 Å². The van der Waals surface area contributed by atoms with Crippen LogP contribution in [-0.2, 0) is 6.42 Å². The van der Waals surface area contributed by atoms with Crippen molar-refractivity contribution < 1.29 is 4.74 Å². The summed E-state index contributed by atoms with van der Waals surface area (Å²) in [5.74, 6) is 0.933. The molecule has 0 bridgehead atoms. The molecule has 0 saturated heterocycles. The highest BCUT2D eigenvalue weighted by atomic mass is 16.5. The zero-order chi connectivity index (χ0) is 15.2. The Kier molecular flexibility index (Phi) is 5.26. The van der Waals surface area contributed by atoms with Gasteiger partial charge < -0.3 is 10.1 Å². The molecule has 0 fully saturated rings. The molecule has 0 spiro atoms. The molecule has 0 heterocycles. The van der Waals surface area contributed by atoms with Gasteiger partial charge in [0.15, 0.2) is 0 Å². The van der Waals surface area contributed by atoms with Crippen LogP contribution in [0, 0.1) is 13.8 Å². The van der Waals surface area contributed by atoms with Gasteiger partial charge in [0.1, 0.15) is 11.9 Å². The Labute approximate surface area is 128 Å². The van der Waals surface area contributed by atoms with E-state index in [1.54, 1.807) is 0 Å². The Balaban J connectivity index is 1.87. The molecule has 0 aliphatic heterocycles. The molecule has 2 nitrogen and oxygen atoms in total. The number of rotatable bonds is 6. The van der Waals surface area contributed by atoms with E-state index in [1.165, 1.54) is 22.4 Å². The molecule has 0 aliphatic rings. The van der Waals surface area contributed by atoms with Crippen molar-refractivity contribution in [2.45, 2.75) is 40.2 Å². The first kappa shape index (κ1) is 15.4. The number of anilines is 1. The van der Waals surface area contributed by atoms with Crippen molar-refractivity contribution in [1.29, 1.82) is 0 Å². The van der Waals surface area contributed by atoms with E-state index in [-0.39, 0.29) is 6.10 Å². The maximum atomic E-state index is 5.94. The zero-order valence-electron chi connectivity index (χ0n) is 13.4. The second-order valence-electron chi connectivity index (χ2n) is 5.63. The van der Waals surface area contributed by atoms with Gasteiger partial charge in [0.2, 0.25) is 0 Å². The Hall–Kier alpha value is -1.96. The van der Waals surface area contributed by atoms with Crippen molar-refractivity contribution in [1.82, 2.24) is 0 Å². The summed E-state index contributed by atoms with van der Waals surface area (Å²) >= 11 is 0. The number of nitrogens with one attached hydrogen (secondary N) is 1. The average molecular weight is 283 g/mol. The SMILES string of the molecule is CCc1ccc(OC(C)CNc2ccc(C)cc2C)cc1. The summed E-state index contributed by atoms with van der Waals surface area (Å²) in [6.07, 6.45) is 1.18. The fourth-order valence-electron chi connectivity index (χ4n) is 2.34. The third-order valence-electron chi connectivity index (χ3n) is 3.63. The summed E-state index contributed by atoms with van der Waals surface area (Å²) in [6.45, 7) is 9.28. The van der Waals surface area contributed by atoms with E-state index in [9.17, 15) is 0 Å². The lowest BCUT2D eigenvalue weighted by atomic mass is 10.1. The number of ether oxygens (including phenoxy) is 1. The highest BCUT2D eigenvalue weighted by Gasteiger charge is 2.05. The molecule has 112 valence electrons. The summed E-state index contributed by atoms with van der Waals surface area (Å²) < 4.78 is 5.94. The standard InChI is InChI=1S/C19H25NO/c1-5-17-7-9-18(10-8-17)21-16(4)13-20-19-11-6-14(2)12-15(19)3/h6-12,16,20H,5,13H2,1-4H3. The summed E-state index contributed by atoms with van der Waals surface area (Å²) in [7, 11) is 0. The molecule has 2 aromatic rings. The first-order valence-corrected chi connectivity index (χ1v) is 7.65. The van der Waals surface area contributed by atoms with Crippen LogP contribution in [0.2, 0.25) is 0 Å². The van der Waals surface area contributed by atoms with Crippen LogP contribution in [0.3, 0.4) is 0 Å². The molecular weight excluding hydrogens is 258 g/mol. The van der Waals surface area contributed by atoms with Crippen molar-refractivity contribution in [3.63, 3.8) is 0 Å². The molecule has 2 rings (SSSR count). The monoisotopic (exact) mass is 283 g/mol. The predicted octanol–water partition coefficient (Wildman–Crippen LogP) is 4.75. The Morgan fingerprint density at radius 3 is 2.38 bits per heavy atom. The summed E-state index contributed by atoms with van der Waals surface area (Å²) in [6, 6.07) is 14.8. The van der Waals surface area contributed by atoms with E-state index < -0.39 is 0 Å². The van der Waals surface area contributed by atoms with Gasteiger partial charge in [-0.3, -0.25) is 0 Å². The summed E-state index contributed by atoms with van der Waals surface area (Å²) in [4.78, 5) is 0. The lowest BCUT2D eigenvalue weighted by Gasteiger charge is -2.17. The van der Waals surface area contributed by atoms with E-state index in [0.717, 1.165) is 18.7 Å². The van der Waals surface area contributed by atoms with Gasteiger partial charge >= 0.3 is 0 Å². The maximum Gasteiger partial charge on any atom is 0.119 e. The topological polar surface area (TPSA) is 21.3 Å². The van der Waals surface area contributed by atoms with Gasteiger partial charge in [-0.2, -0.15) is 0 Å². The molecule has 1 atom stereocenters. The first-order chi connectivity index (χ1) is 10.1. The van der Waals surface area contributed by atoms with Gasteiger partial charge in [-0.1, -0.05) is 36.8 Å². The Morgan fingerprint density at radius 2 is 1.76 bits per heavy atom. The summed E-state index contributed by atoms with van der Waals surface area (Å²) in [5, 5.41) is 3.46. The van der Waals surface area contributed by atoms with Crippen LogP contribution in [0.1, 0.15) is 30.5 Å². The van der Waals surface area contributed by atoms with Crippen LogP contribution in [0.4, 0.5) is 5.69 Å². The quantitative estimate of drug-likeness (QED) is 0.826. The van der Waals surface area contributed by atoms with Gasteiger partial charge in [-0.25, -0.2) is 0 Å². The normalized spacial score (nSPS) is 12.0. The molecule has 0 aliphatic carbocycles. The van der Waals surface area contributed by atoms with Crippen LogP contribution in [0.25, 0.3) is 0 Å². The van der Waals surface area contributed by atoms with Crippen LogP contribution in [0.5, 0.6) is 5.75 Å². The van der Waals surface area contributed by atoms with Gasteiger partial charge in [0, 0.05) is 5.69 Å². The Bertz CT molecular complexity index is 575. The average Bonchev–Trinajstić information content (AvgIpc) is 2.47. The second kappa shape index (κ2) is 7.16. The highest BCUT2D eigenvalue weighted by Crippen LogP contribution is 2.17. The highest BCUT2D eigenvalue weighted by molar-refractivity contribution is 5.51. The van der Waals surface area contributed by atoms with Crippen LogP contribution in [0.15, 0.2) is 42.5 Å². The fourth-order valence-corrected chi connectivity index (χ4v) is 2.34. The Morgan fingerprint density at radius 1 is 1.05 bits per heavy atom. The predicted molar refractivity (Wildman–Crippen MR) is 90.3 cm³/mol. The minimum atomic E-state index is 0.123. The van der Waals surface area contributed by atoms with Crippen LogP contribution in [-0.4, -0.2) is 12.6 Å². The van der Waals surface area contributed by atoms with E-state index >= 15 is 0 Å². The lowest BCUT2D eigenvalue weighted by molar-refractivity contribution is 0.234. The lowest BCUT2D eigenvalue weighted by Crippen LogP contribution is -2.23. The molecule has 0 radical (unpaired) electrons. The first-order valence-electron chi connectivity index (χ1n) is 7.65. The number of hydrogen-bond acceptors (Lipinski definition) is 2. The van der Waals surface area contributed by atoms with Crippen LogP contribution < -0.4 is 10.1 Å². The van der Waals surface area contributed by atoms with Crippen molar-refractivity contribution in [2.75, 3.05) is 11.9 Å². The molecule has 0 saturated carbocycles. The smallest absolute Gasteiger partial charge is 0.119 e. The number of aryl methyl sites for hydroxylation is 3. The molecular formula is C19H25NO. The minimum Gasteiger partial charge on any atom is -0.489 e. The number of benzene rings is 2. The second-order valence-corrected chi connectivity index (χ2v) is 5.63. The molecule has 21 heavy (non-hydrogen) atoms. The van der Waals surface area contributed by atoms with E-state index in [2.05, 4.69) is 63.3 Å². The van der Waals surface area contributed by atoms with Gasteiger partial charge in [0.25, 0.3) is 0 Å². The van der Waals surface area contributed by atoms with E-state index in [0.29, 0.717) is 0 Å². The maximum absolute atomic E-state index is 5.94. The van der Waals surface area contributed by atoms with E-state index in [4.69, 9.17) is 4.74 Å². The van der Waals surface area contributed by atoms with Gasteiger partial charge in [0.05, 0.1) is 6.54 Å². The van der Waals surface area contributed by atoms with Crippen molar-refractivity contribution >= 4 is 5.69 Å². The zero-order valence-corrected chi connectivity index (χ0v) is 13.4. The third kappa shape index (κ3) is 4.52. The fraction of sp³-hybridized carbons (Fsp3) is 0.368. The largest absolute Gasteiger partial charge is 0.489 e. The minimum absolute atomic E-state index is 0.123. The van der Waals surface area contributed by atoms with Crippen molar-refractivity contribution in [2.24, 2.45) is 0 Å². The van der Waals surface area contributed by atoms with E-state index in [1.807, 2.05) is 12.1 Å².